The minimum Gasteiger partial charge on any atom is -0.493 e. The highest BCUT2D eigenvalue weighted by Crippen LogP contribution is 2.53. The molecule has 3 aromatic rings. The Morgan fingerprint density at radius 3 is 2.69 bits per heavy atom. The second-order valence-electron chi connectivity index (χ2n) is 10.2. The van der Waals surface area contributed by atoms with Crippen molar-refractivity contribution in [3.05, 3.63) is 75.7 Å². The molecular formula is C26H27F3N4O3. The lowest BCUT2D eigenvalue weighted by Crippen LogP contribution is -2.49. The van der Waals surface area contributed by atoms with E-state index in [-0.39, 0.29) is 29.4 Å². The molecular weight excluding hydrogens is 473 g/mol. The summed E-state index contributed by atoms with van der Waals surface area (Å²) in [6, 6.07) is 6.94. The van der Waals surface area contributed by atoms with Crippen molar-refractivity contribution in [2.24, 2.45) is 11.8 Å². The first-order chi connectivity index (χ1) is 17.1. The SMILES string of the molecule is Cc1cn(-c2ccc3n(c2=O)CCN(C2C[C@H](C)[C@H]4COc5ccc(C(F)(F)F)cc5[C@H]24)C3O)cn1. The number of alkyl halides is 3. The number of aliphatic hydroxyl groups is 1. The normalized spacial score (nSPS) is 27.8. The van der Waals surface area contributed by atoms with E-state index in [0.717, 1.165) is 18.2 Å². The molecule has 190 valence electrons. The van der Waals surface area contributed by atoms with Gasteiger partial charge in [0.1, 0.15) is 17.7 Å². The van der Waals surface area contributed by atoms with E-state index in [4.69, 9.17) is 4.74 Å². The van der Waals surface area contributed by atoms with E-state index < -0.39 is 18.0 Å². The van der Waals surface area contributed by atoms with Crippen LogP contribution in [-0.2, 0) is 12.7 Å². The Hall–Kier alpha value is -3.11. The van der Waals surface area contributed by atoms with Gasteiger partial charge in [0.2, 0.25) is 0 Å². The van der Waals surface area contributed by atoms with Gasteiger partial charge >= 0.3 is 6.18 Å². The highest BCUT2D eigenvalue weighted by molar-refractivity contribution is 5.44. The molecule has 7 nitrogen and oxygen atoms in total. The van der Waals surface area contributed by atoms with Crippen LogP contribution in [0.4, 0.5) is 13.2 Å². The molecule has 0 bridgehead atoms. The topological polar surface area (TPSA) is 72.5 Å². The molecule has 5 atom stereocenters. The molecule has 6 rings (SSSR count). The molecule has 10 heteroatoms. The fourth-order valence-electron chi connectivity index (χ4n) is 6.33. The van der Waals surface area contributed by atoms with Gasteiger partial charge in [0.15, 0.2) is 0 Å². The van der Waals surface area contributed by atoms with Gasteiger partial charge in [-0.15, -0.1) is 0 Å². The van der Waals surface area contributed by atoms with Crippen molar-refractivity contribution in [1.29, 1.82) is 0 Å². The Morgan fingerprint density at radius 1 is 1.17 bits per heavy atom. The Balaban J connectivity index is 1.36. The van der Waals surface area contributed by atoms with Gasteiger partial charge in [0, 0.05) is 37.2 Å². The molecule has 1 fully saturated rings. The number of benzene rings is 1. The summed E-state index contributed by atoms with van der Waals surface area (Å²) < 4.78 is 49.7. The summed E-state index contributed by atoms with van der Waals surface area (Å²) in [6.07, 6.45) is -1.41. The van der Waals surface area contributed by atoms with Crippen molar-refractivity contribution in [2.75, 3.05) is 13.2 Å². The van der Waals surface area contributed by atoms with Crippen molar-refractivity contribution in [3.8, 4) is 11.4 Å². The minimum atomic E-state index is -4.45. The van der Waals surface area contributed by atoms with Crippen LogP contribution in [0.2, 0.25) is 0 Å². The van der Waals surface area contributed by atoms with Gasteiger partial charge in [-0.1, -0.05) is 6.92 Å². The third kappa shape index (κ3) is 3.57. The van der Waals surface area contributed by atoms with Crippen LogP contribution in [0.15, 0.2) is 47.7 Å². The van der Waals surface area contributed by atoms with Crippen molar-refractivity contribution in [1.82, 2.24) is 19.0 Å². The van der Waals surface area contributed by atoms with Gasteiger partial charge < -0.3 is 19.0 Å². The molecule has 1 aliphatic carbocycles. The molecule has 2 aliphatic heterocycles. The number of hydrogen-bond donors (Lipinski definition) is 1. The predicted octanol–water partition coefficient (Wildman–Crippen LogP) is 3.87. The van der Waals surface area contributed by atoms with E-state index in [1.54, 1.807) is 33.8 Å². The lowest BCUT2D eigenvalue weighted by atomic mass is 9.81. The number of hydrogen-bond acceptors (Lipinski definition) is 5. The summed E-state index contributed by atoms with van der Waals surface area (Å²) in [5.74, 6) is 0.541. The molecule has 1 saturated carbocycles. The monoisotopic (exact) mass is 500 g/mol. The zero-order valence-corrected chi connectivity index (χ0v) is 19.9. The number of halogens is 3. The lowest BCUT2D eigenvalue weighted by Gasteiger charge is -2.43. The van der Waals surface area contributed by atoms with E-state index in [9.17, 15) is 23.1 Å². The van der Waals surface area contributed by atoms with E-state index >= 15 is 0 Å². The van der Waals surface area contributed by atoms with E-state index in [2.05, 4.69) is 11.9 Å². The van der Waals surface area contributed by atoms with Gasteiger partial charge in [-0.3, -0.25) is 9.69 Å². The molecule has 0 radical (unpaired) electrons. The fourth-order valence-corrected chi connectivity index (χ4v) is 6.33. The summed E-state index contributed by atoms with van der Waals surface area (Å²) in [7, 11) is 0. The van der Waals surface area contributed by atoms with Crippen molar-refractivity contribution in [2.45, 2.75) is 51.2 Å². The number of imidazole rings is 1. The third-order valence-corrected chi connectivity index (χ3v) is 8.11. The van der Waals surface area contributed by atoms with Crippen LogP contribution in [0.1, 0.15) is 48.0 Å². The molecule has 3 aliphatic rings. The van der Waals surface area contributed by atoms with E-state index in [0.29, 0.717) is 42.4 Å². The van der Waals surface area contributed by atoms with Crippen molar-refractivity contribution < 1.29 is 23.0 Å². The highest BCUT2D eigenvalue weighted by Gasteiger charge is 2.50. The first-order valence-corrected chi connectivity index (χ1v) is 12.2. The average molecular weight is 501 g/mol. The summed E-state index contributed by atoms with van der Waals surface area (Å²) in [5, 5.41) is 11.4. The van der Waals surface area contributed by atoms with Gasteiger partial charge in [-0.25, -0.2) is 4.98 Å². The highest BCUT2D eigenvalue weighted by atomic mass is 19.4. The average Bonchev–Trinajstić information content (AvgIpc) is 3.42. The van der Waals surface area contributed by atoms with Crippen LogP contribution in [0.3, 0.4) is 0 Å². The van der Waals surface area contributed by atoms with Crippen molar-refractivity contribution >= 4 is 0 Å². The fraction of sp³-hybridized carbons (Fsp3) is 0.462. The smallest absolute Gasteiger partial charge is 0.416 e. The van der Waals surface area contributed by atoms with Gasteiger partial charge in [-0.2, -0.15) is 13.2 Å². The number of ether oxygens (including phenoxy) is 1. The van der Waals surface area contributed by atoms with Crippen LogP contribution in [0.25, 0.3) is 5.69 Å². The summed E-state index contributed by atoms with van der Waals surface area (Å²) in [6.45, 7) is 5.16. The standard InChI is InChI=1S/C26H27F3N4O3/c1-14-9-21(23-17-10-16(26(27,28)29)3-6-22(17)36-12-18(14)23)33-8-7-32-20(25(33)35)5-4-19(24(32)34)31-11-15(2)30-13-31/h3-6,10-11,13-14,18,21,23,25,35H,7-9,12H2,1-2H3/t14-,18+,21?,23-,25?/m0/s1. The summed E-state index contributed by atoms with van der Waals surface area (Å²) in [5.41, 5.74) is 1.37. The quantitative estimate of drug-likeness (QED) is 0.579. The maximum absolute atomic E-state index is 13.5. The lowest BCUT2D eigenvalue weighted by molar-refractivity contribution is -0.137. The molecule has 4 heterocycles. The van der Waals surface area contributed by atoms with Crippen LogP contribution in [-0.4, -0.2) is 43.3 Å². The van der Waals surface area contributed by atoms with E-state index in [1.165, 1.54) is 12.1 Å². The van der Waals surface area contributed by atoms with Crippen LogP contribution < -0.4 is 10.3 Å². The van der Waals surface area contributed by atoms with Crippen LogP contribution in [0.5, 0.6) is 5.75 Å². The molecule has 0 spiro atoms. The van der Waals surface area contributed by atoms with Crippen LogP contribution in [0, 0.1) is 18.8 Å². The summed E-state index contributed by atoms with van der Waals surface area (Å²) in [4.78, 5) is 19.4. The maximum atomic E-state index is 13.5. The van der Waals surface area contributed by atoms with Gasteiger partial charge in [0.25, 0.3) is 5.56 Å². The number of aliphatic hydroxyl groups excluding tert-OH is 1. The minimum absolute atomic E-state index is 0.0501. The third-order valence-electron chi connectivity index (χ3n) is 8.11. The van der Waals surface area contributed by atoms with Crippen molar-refractivity contribution in [3.63, 3.8) is 0 Å². The van der Waals surface area contributed by atoms with Crippen LogP contribution >= 0.6 is 0 Å². The first-order valence-electron chi connectivity index (χ1n) is 12.2. The van der Waals surface area contributed by atoms with Gasteiger partial charge in [-0.05, 0) is 55.2 Å². The molecule has 2 aromatic heterocycles. The molecule has 36 heavy (non-hydrogen) atoms. The van der Waals surface area contributed by atoms with E-state index in [1.807, 2.05) is 11.8 Å². The Kier molecular flexibility index (Phi) is 5.31. The Labute approximate surface area is 205 Å². The number of rotatable bonds is 2. The largest absolute Gasteiger partial charge is 0.493 e. The van der Waals surface area contributed by atoms with Gasteiger partial charge in [0.05, 0.1) is 29.9 Å². The number of aromatic nitrogens is 3. The number of aryl methyl sites for hydroxylation is 1. The number of fused-ring (bicyclic) bond motifs is 4. The zero-order valence-electron chi connectivity index (χ0n) is 19.9. The number of nitrogens with zero attached hydrogens (tertiary/aromatic N) is 4. The molecule has 1 N–H and O–H groups in total. The molecule has 1 aromatic carbocycles. The predicted molar refractivity (Wildman–Crippen MR) is 125 cm³/mol. The molecule has 0 saturated heterocycles. The second-order valence-corrected chi connectivity index (χ2v) is 10.2. The maximum Gasteiger partial charge on any atom is 0.416 e. The summed E-state index contributed by atoms with van der Waals surface area (Å²) >= 11 is 0. The first kappa shape index (κ1) is 23.3. The second kappa shape index (κ2) is 8.21. The number of pyridine rings is 1. The Morgan fingerprint density at radius 2 is 1.97 bits per heavy atom. The zero-order chi connectivity index (χ0) is 25.4. The molecule has 0 amide bonds. The molecule has 2 unspecified atom stereocenters. The Bertz CT molecular complexity index is 1380.